The van der Waals surface area contributed by atoms with Gasteiger partial charge >= 0.3 is 0 Å². The Bertz CT molecular complexity index is 1140. The molecule has 3 N–H and O–H groups in total. The summed E-state index contributed by atoms with van der Waals surface area (Å²) in [5, 5.41) is 10.5. The molecule has 0 radical (unpaired) electrons. The Morgan fingerprint density at radius 3 is 2.37 bits per heavy atom. The fraction of sp³-hybridized carbons (Fsp3) is 0.321. The zero-order chi connectivity index (χ0) is 24.2. The highest BCUT2D eigenvalue weighted by Gasteiger charge is 2.55. The van der Waals surface area contributed by atoms with Gasteiger partial charge in [-0.25, -0.2) is 10.9 Å². The third kappa shape index (κ3) is 4.75. The number of hydrogen-bond acceptors (Lipinski definition) is 6. The molecule has 2 aliphatic rings. The summed E-state index contributed by atoms with van der Waals surface area (Å²) >= 11 is 0. The third-order valence-corrected chi connectivity index (χ3v) is 6.90. The number of nitrogens with zero attached hydrogens (tertiary/aromatic N) is 1. The number of hydrogen-bond donors (Lipinski definition) is 3. The van der Waals surface area contributed by atoms with Crippen LogP contribution >= 0.6 is 0 Å². The first kappa shape index (κ1) is 23.4. The van der Waals surface area contributed by atoms with E-state index in [2.05, 4.69) is 10.9 Å². The number of nitrogens with one attached hydrogen (secondary N) is 2. The van der Waals surface area contributed by atoms with Gasteiger partial charge in [-0.15, -0.1) is 0 Å². The van der Waals surface area contributed by atoms with Crippen molar-refractivity contribution in [1.82, 2.24) is 15.8 Å². The molecular formula is C28H31N3O4. The number of hydrazine groups is 1. The molecule has 5 rings (SSSR count). The molecule has 2 aliphatic heterocycles. The van der Waals surface area contributed by atoms with E-state index < -0.39 is 0 Å². The first-order valence-electron chi connectivity index (χ1n) is 12.0. The maximum atomic E-state index is 13.4. The number of fused-ring (bicyclic) bond motifs is 1. The molecule has 182 valence electrons. The highest BCUT2D eigenvalue weighted by atomic mass is 16.5. The summed E-state index contributed by atoms with van der Waals surface area (Å²) in [6, 6.07) is 24.7. The van der Waals surface area contributed by atoms with Gasteiger partial charge in [0.2, 0.25) is 5.91 Å². The van der Waals surface area contributed by atoms with Crippen molar-refractivity contribution < 1.29 is 19.4 Å². The highest BCUT2D eigenvalue weighted by molar-refractivity contribution is 5.86. The summed E-state index contributed by atoms with van der Waals surface area (Å²) in [7, 11) is 1.67. The summed E-state index contributed by atoms with van der Waals surface area (Å²) in [5.74, 6) is 0.978. The van der Waals surface area contributed by atoms with Gasteiger partial charge < -0.3 is 19.5 Å². The number of carbonyl (C=O) groups excluding carboxylic acids is 1. The molecule has 35 heavy (non-hydrogen) atoms. The zero-order valence-corrected chi connectivity index (χ0v) is 19.8. The largest absolute Gasteiger partial charge is 0.508 e. The predicted molar refractivity (Wildman–Crippen MR) is 133 cm³/mol. The van der Waals surface area contributed by atoms with Gasteiger partial charge in [-0.1, -0.05) is 60.7 Å². The Balaban J connectivity index is 1.42. The lowest BCUT2D eigenvalue weighted by Crippen LogP contribution is -2.41. The number of aromatic hydroxyl groups is 1. The van der Waals surface area contributed by atoms with Crippen LogP contribution in [0, 0.1) is 5.92 Å². The van der Waals surface area contributed by atoms with Crippen molar-refractivity contribution in [2.45, 2.75) is 31.2 Å². The van der Waals surface area contributed by atoms with Gasteiger partial charge in [-0.2, -0.15) is 0 Å². The highest BCUT2D eigenvalue weighted by Crippen LogP contribution is 2.48. The number of benzene rings is 3. The van der Waals surface area contributed by atoms with Crippen LogP contribution in [0.2, 0.25) is 0 Å². The number of carbonyl (C=O) groups is 1. The molecule has 4 unspecified atom stereocenters. The Kier molecular flexibility index (Phi) is 6.99. The molecule has 0 aromatic heterocycles. The van der Waals surface area contributed by atoms with Gasteiger partial charge in [0.05, 0.1) is 12.1 Å². The fourth-order valence-corrected chi connectivity index (χ4v) is 5.25. The smallest absolute Gasteiger partial charge is 0.242 e. The van der Waals surface area contributed by atoms with Gasteiger partial charge in [0.15, 0.2) is 0 Å². The second-order valence-corrected chi connectivity index (χ2v) is 9.05. The number of para-hydroxylation sites is 1. The first-order chi connectivity index (χ1) is 17.2. The van der Waals surface area contributed by atoms with Crippen molar-refractivity contribution in [2.75, 3.05) is 20.3 Å². The number of rotatable bonds is 9. The third-order valence-electron chi connectivity index (χ3n) is 6.90. The molecule has 1 amide bonds. The summed E-state index contributed by atoms with van der Waals surface area (Å²) < 4.78 is 11.2. The fourth-order valence-electron chi connectivity index (χ4n) is 5.25. The summed E-state index contributed by atoms with van der Waals surface area (Å²) in [6.07, 6.45) is 0.755. The van der Waals surface area contributed by atoms with Crippen LogP contribution < -0.4 is 15.6 Å². The van der Waals surface area contributed by atoms with Crippen molar-refractivity contribution in [2.24, 2.45) is 5.92 Å². The number of phenols is 1. The minimum absolute atomic E-state index is 0.0610. The minimum atomic E-state index is -0.374. The average molecular weight is 474 g/mol. The van der Waals surface area contributed by atoms with Gasteiger partial charge in [0, 0.05) is 31.7 Å². The lowest BCUT2D eigenvalue weighted by Gasteiger charge is -2.31. The van der Waals surface area contributed by atoms with E-state index in [1.165, 1.54) is 0 Å². The molecule has 3 aromatic rings. The van der Waals surface area contributed by atoms with Gasteiger partial charge in [0.25, 0.3) is 0 Å². The molecule has 0 spiro atoms. The Labute approximate surface area is 205 Å². The molecule has 7 nitrogen and oxygen atoms in total. The topological polar surface area (TPSA) is 83.1 Å². The first-order valence-corrected chi connectivity index (χ1v) is 12.0. The van der Waals surface area contributed by atoms with Gasteiger partial charge in [-0.3, -0.25) is 4.79 Å². The SMILES string of the molecule is COCCCN1C(=O)C2NNC(c3ccccc3O)C2C1c1ccc(OCc2ccccc2)cc1. The number of phenolic OH excluding ortho intramolecular Hbond substituents is 1. The zero-order valence-electron chi connectivity index (χ0n) is 19.8. The van der Waals surface area contributed by atoms with Crippen LogP contribution in [0.5, 0.6) is 11.5 Å². The normalized spacial score (nSPS) is 23.5. The molecule has 3 aromatic carbocycles. The van der Waals surface area contributed by atoms with Crippen LogP contribution in [-0.4, -0.2) is 42.2 Å². The molecule has 2 heterocycles. The van der Waals surface area contributed by atoms with Crippen LogP contribution in [0.25, 0.3) is 0 Å². The number of likely N-dealkylation sites (tertiary alicyclic amines) is 1. The maximum Gasteiger partial charge on any atom is 0.242 e. The van der Waals surface area contributed by atoms with Crippen molar-refractivity contribution in [3.63, 3.8) is 0 Å². The molecule has 2 saturated heterocycles. The minimum Gasteiger partial charge on any atom is -0.508 e. The van der Waals surface area contributed by atoms with E-state index in [9.17, 15) is 9.90 Å². The Hall–Kier alpha value is -3.39. The van der Waals surface area contributed by atoms with Crippen molar-refractivity contribution in [1.29, 1.82) is 0 Å². The van der Waals surface area contributed by atoms with E-state index >= 15 is 0 Å². The molecule has 4 atom stereocenters. The van der Waals surface area contributed by atoms with Crippen LogP contribution in [0.1, 0.15) is 35.2 Å². The summed E-state index contributed by atoms with van der Waals surface area (Å²) in [6.45, 7) is 1.69. The Morgan fingerprint density at radius 1 is 0.914 bits per heavy atom. The van der Waals surface area contributed by atoms with Crippen molar-refractivity contribution in [3.8, 4) is 11.5 Å². The Morgan fingerprint density at radius 2 is 1.63 bits per heavy atom. The second-order valence-electron chi connectivity index (χ2n) is 9.05. The van der Waals surface area contributed by atoms with E-state index in [0.29, 0.717) is 19.8 Å². The molecule has 7 heteroatoms. The maximum absolute atomic E-state index is 13.4. The number of ether oxygens (including phenoxy) is 2. The quantitative estimate of drug-likeness (QED) is 0.411. The average Bonchev–Trinajstić information content (AvgIpc) is 3.43. The van der Waals surface area contributed by atoms with E-state index in [-0.39, 0.29) is 35.7 Å². The van der Waals surface area contributed by atoms with E-state index in [0.717, 1.165) is 28.9 Å². The van der Waals surface area contributed by atoms with E-state index in [1.54, 1.807) is 19.2 Å². The van der Waals surface area contributed by atoms with Crippen molar-refractivity contribution >= 4 is 5.91 Å². The summed E-state index contributed by atoms with van der Waals surface area (Å²) in [5.41, 5.74) is 9.42. The monoisotopic (exact) mass is 473 g/mol. The lowest BCUT2D eigenvalue weighted by molar-refractivity contribution is -0.131. The molecular weight excluding hydrogens is 442 g/mol. The molecule has 0 aliphatic carbocycles. The van der Waals surface area contributed by atoms with E-state index in [4.69, 9.17) is 9.47 Å². The number of methoxy groups -OCH3 is 1. The van der Waals surface area contributed by atoms with Crippen LogP contribution in [0.15, 0.2) is 78.9 Å². The van der Waals surface area contributed by atoms with Gasteiger partial charge in [-0.05, 0) is 35.7 Å². The molecule has 2 fully saturated rings. The number of amides is 1. The van der Waals surface area contributed by atoms with Crippen LogP contribution in [0.4, 0.5) is 0 Å². The second kappa shape index (κ2) is 10.5. The van der Waals surface area contributed by atoms with Crippen molar-refractivity contribution in [3.05, 3.63) is 95.6 Å². The molecule has 0 bridgehead atoms. The van der Waals surface area contributed by atoms with E-state index in [1.807, 2.05) is 71.6 Å². The van der Waals surface area contributed by atoms with Gasteiger partial charge in [0.1, 0.15) is 24.1 Å². The summed E-state index contributed by atoms with van der Waals surface area (Å²) in [4.78, 5) is 15.4. The molecule has 0 saturated carbocycles. The van der Waals surface area contributed by atoms with Crippen LogP contribution in [-0.2, 0) is 16.1 Å². The predicted octanol–water partition coefficient (Wildman–Crippen LogP) is 3.72. The van der Waals surface area contributed by atoms with Crippen LogP contribution in [0.3, 0.4) is 0 Å². The standard InChI is InChI=1S/C28H31N3O4/c1-34-17-7-16-31-27(20-12-14-21(15-13-20)35-18-19-8-3-2-4-9-19)24-25(29-30-26(24)28(31)33)22-10-5-6-11-23(22)32/h2-6,8-15,24-27,29-30,32H,7,16-18H2,1H3. The lowest BCUT2D eigenvalue weighted by atomic mass is 9.83.